The quantitative estimate of drug-likeness (QED) is 0.398. The van der Waals surface area contributed by atoms with Crippen LogP contribution in [0.5, 0.6) is 0 Å². The predicted molar refractivity (Wildman–Crippen MR) is 132 cm³/mol. The van der Waals surface area contributed by atoms with E-state index in [9.17, 15) is 14.0 Å². The van der Waals surface area contributed by atoms with Crippen LogP contribution in [0.4, 0.5) is 15.8 Å². The van der Waals surface area contributed by atoms with Crippen molar-refractivity contribution in [1.29, 1.82) is 0 Å². The number of carbonyl (C=O) groups is 2. The van der Waals surface area contributed by atoms with Gasteiger partial charge in [-0.2, -0.15) is 0 Å². The Morgan fingerprint density at radius 3 is 2.66 bits per heavy atom. The second kappa shape index (κ2) is 9.85. The third kappa shape index (κ3) is 4.75. The molecular formula is C25H23FN4O4S. The van der Waals surface area contributed by atoms with Crippen LogP contribution >= 0.6 is 11.3 Å². The van der Waals surface area contributed by atoms with Crippen molar-refractivity contribution in [3.05, 3.63) is 76.9 Å². The van der Waals surface area contributed by atoms with Crippen molar-refractivity contribution in [2.45, 2.75) is 6.54 Å². The molecule has 0 bridgehead atoms. The summed E-state index contributed by atoms with van der Waals surface area (Å²) in [4.78, 5) is 35.0. The number of hydrogen-bond acceptors (Lipinski definition) is 8. The first kappa shape index (κ1) is 23.0. The third-order valence-corrected chi connectivity index (χ3v) is 7.04. The summed E-state index contributed by atoms with van der Waals surface area (Å²) >= 11 is 1.18. The van der Waals surface area contributed by atoms with Crippen molar-refractivity contribution in [3.63, 3.8) is 0 Å². The van der Waals surface area contributed by atoms with E-state index in [0.717, 1.165) is 31.9 Å². The fourth-order valence-electron chi connectivity index (χ4n) is 4.13. The molecule has 4 aromatic rings. The molecule has 0 atom stereocenters. The summed E-state index contributed by atoms with van der Waals surface area (Å²) in [6.45, 7) is 3.62. The molecule has 1 fully saturated rings. The number of amides is 1. The Labute approximate surface area is 204 Å². The number of ether oxygens (including phenoxy) is 1. The van der Waals surface area contributed by atoms with Gasteiger partial charge in [0.05, 0.1) is 36.0 Å². The maximum Gasteiger partial charge on any atom is 0.350 e. The van der Waals surface area contributed by atoms with Gasteiger partial charge in [0, 0.05) is 38.1 Å². The van der Waals surface area contributed by atoms with Gasteiger partial charge in [0.25, 0.3) is 5.91 Å². The van der Waals surface area contributed by atoms with E-state index in [1.807, 2.05) is 18.2 Å². The minimum Gasteiger partial charge on any atom is -0.472 e. The van der Waals surface area contributed by atoms with E-state index in [4.69, 9.17) is 14.1 Å². The molecule has 0 radical (unpaired) electrons. The Balaban J connectivity index is 1.33. The molecule has 35 heavy (non-hydrogen) atoms. The number of pyridine rings is 1. The van der Waals surface area contributed by atoms with E-state index >= 15 is 0 Å². The van der Waals surface area contributed by atoms with Gasteiger partial charge in [-0.05, 0) is 30.3 Å². The van der Waals surface area contributed by atoms with E-state index in [-0.39, 0.29) is 16.6 Å². The van der Waals surface area contributed by atoms with Gasteiger partial charge in [0.15, 0.2) is 0 Å². The molecule has 3 aromatic heterocycles. The number of anilines is 2. The summed E-state index contributed by atoms with van der Waals surface area (Å²) in [6.07, 6.45) is 2.75. The molecule has 4 heterocycles. The van der Waals surface area contributed by atoms with Crippen LogP contribution in [-0.2, 0) is 11.3 Å². The number of hydrogen-bond donors (Lipinski definition) is 1. The number of nitrogens with one attached hydrogen (secondary N) is 1. The van der Waals surface area contributed by atoms with Crippen LogP contribution in [0.25, 0.3) is 10.2 Å². The number of halogens is 1. The smallest absolute Gasteiger partial charge is 0.350 e. The zero-order valence-electron chi connectivity index (χ0n) is 19.0. The Morgan fingerprint density at radius 1 is 1.14 bits per heavy atom. The highest BCUT2D eigenvalue weighted by Crippen LogP contribution is 2.36. The van der Waals surface area contributed by atoms with E-state index in [2.05, 4.69) is 15.1 Å². The normalized spacial score (nSPS) is 14.3. The van der Waals surface area contributed by atoms with Crippen molar-refractivity contribution in [3.8, 4) is 0 Å². The molecule has 1 aliphatic rings. The van der Waals surface area contributed by atoms with Gasteiger partial charge >= 0.3 is 5.97 Å². The number of thiophene rings is 1. The van der Waals surface area contributed by atoms with E-state index in [1.54, 1.807) is 18.2 Å². The number of benzene rings is 1. The molecule has 10 heteroatoms. The third-order valence-electron chi connectivity index (χ3n) is 5.96. The van der Waals surface area contributed by atoms with Crippen molar-refractivity contribution in [2.24, 2.45) is 0 Å². The number of carbonyl (C=O) groups excluding carboxylic acids is 2. The number of fused-ring (bicyclic) bond motifs is 1. The van der Waals surface area contributed by atoms with Crippen molar-refractivity contribution in [2.75, 3.05) is 43.5 Å². The number of rotatable bonds is 6. The Kier molecular flexibility index (Phi) is 6.47. The van der Waals surface area contributed by atoms with Gasteiger partial charge in [-0.15, -0.1) is 11.3 Å². The summed E-state index contributed by atoms with van der Waals surface area (Å²) in [7, 11) is 1.30. The largest absolute Gasteiger partial charge is 0.472 e. The van der Waals surface area contributed by atoms with Crippen LogP contribution in [0.3, 0.4) is 0 Å². The average Bonchev–Trinajstić information content (AvgIpc) is 3.53. The maximum absolute atomic E-state index is 14.1. The van der Waals surface area contributed by atoms with Gasteiger partial charge in [0.2, 0.25) is 0 Å². The fraction of sp³-hybridized carbons (Fsp3) is 0.240. The molecule has 0 spiro atoms. The van der Waals surface area contributed by atoms with E-state index in [1.165, 1.54) is 37.0 Å². The highest BCUT2D eigenvalue weighted by molar-refractivity contribution is 7.21. The van der Waals surface area contributed by atoms with Crippen LogP contribution < -0.4 is 10.2 Å². The molecule has 0 aliphatic carbocycles. The Bertz CT molecular complexity index is 1360. The minimum atomic E-state index is -0.540. The second-order valence-electron chi connectivity index (χ2n) is 8.13. The standard InChI is InChI=1S/C25H23FN4O4S/c1-33-25(32)22-21(28-23(31)16-8-13-34-15-16)18-7-6-17(27-24(18)35-22)14-29-9-11-30(12-10-29)20-5-3-2-4-19(20)26/h2-8,13,15H,9-12,14H2,1H3,(H,28,31). The van der Waals surface area contributed by atoms with Crippen LogP contribution in [-0.4, -0.2) is 55.0 Å². The Morgan fingerprint density at radius 2 is 1.94 bits per heavy atom. The van der Waals surface area contributed by atoms with Crippen LogP contribution in [0.1, 0.15) is 25.7 Å². The molecule has 180 valence electrons. The lowest BCUT2D eigenvalue weighted by atomic mass is 10.2. The number of methoxy groups -OCH3 is 1. The number of furan rings is 1. The van der Waals surface area contributed by atoms with E-state index in [0.29, 0.717) is 33.7 Å². The fourth-order valence-corrected chi connectivity index (χ4v) is 5.19. The van der Waals surface area contributed by atoms with Gasteiger partial charge in [-0.3, -0.25) is 9.69 Å². The first-order valence-corrected chi connectivity index (χ1v) is 11.9. The van der Waals surface area contributed by atoms with Gasteiger partial charge in [-0.25, -0.2) is 14.2 Å². The highest BCUT2D eigenvalue weighted by atomic mass is 32.1. The zero-order chi connectivity index (χ0) is 24.4. The van der Waals surface area contributed by atoms with Crippen LogP contribution in [0.2, 0.25) is 0 Å². The number of piperazine rings is 1. The monoisotopic (exact) mass is 494 g/mol. The number of para-hydroxylation sites is 1. The van der Waals surface area contributed by atoms with Gasteiger partial charge in [0.1, 0.15) is 21.8 Å². The van der Waals surface area contributed by atoms with Gasteiger partial charge < -0.3 is 19.4 Å². The topological polar surface area (TPSA) is 87.9 Å². The first-order valence-electron chi connectivity index (χ1n) is 11.1. The van der Waals surface area contributed by atoms with Crippen molar-refractivity contribution >= 4 is 44.8 Å². The summed E-state index contributed by atoms with van der Waals surface area (Å²) in [5.74, 6) is -1.13. The van der Waals surface area contributed by atoms with Crippen molar-refractivity contribution in [1.82, 2.24) is 9.88 Å². The molecule has 1 aromatic carbocycles. The SMILES string of the molecule is COC(=O)c1sc2nc(CN3CCN(c4ccccc4F)CC3)ccc2c1NC(=O)c1ccoc1. The Hall–Kier alpha value is -3.76. The molecule has 1 aliphatic heterocycles. The summed E-state index contributed by atoms with van der Waals surface area (Å²) in [5, 5.41) is 3.47. The maximum atomic E-state index is 14.1. The molecule has 5 rings (SSSR count). The molecule has 1 amide bonds. The minimum absolute atomic E-state index is 0.206. The highest BCUT2D eigenvalue weighted by Gasteiger charge is 2.24. The summed E-state index contributed by atoms with van der Waals surface area (Å²) in [5.41, 5.74) is 2.20. The summed E-state index contributed by atoms with van der Waals surface area (Å²) < 4.78 is 24.0. The molecule has 0 unspecified atom stereocenters. The number of nitrogens with zero attached hydrogens (tertiary/aromatic N) is 3. The number of esters is 1. The van der Waals surface area contributed by atoms with Gasteiger partial charge in [-0.1, -0.05) is 12.1 Å². The van der Waals surface area contributed by atoms with Crippen LogP contribution in [0.15, 0.2) is 59.4 Å². The zero-order valence-corrected chi connectivity index (χ0v) is 19.8. The average molecular weight is 495 g/mol. The lowest BCUT2D eigenvalue weighted by Gasteiger charge is -2.36. The first-order chi connectivity index (χ1) is 17.0. The predicted octanol–water partition coefficient (Wildman–Crippen LogP) is 4.39. The lowest BCUT2D eigenvalue weighted by Crippen LogP contribution is -2.46. The van der Waals surface area contributed by atoms with E-state index < -0.39 is 5.97 Å². The van der Waals surface area contributed by atoms with Crippen LogP contribution in [0, 0.1) is 5.82 Å². The molecule has 0 saturated carbocycles. The molecule has 1 saturated heterocycles. The second-order valence-corrected chi connectivity index (χ2v) is 9.13. The summed E-state index contributed by atoms with van der Waals surface area (Å²) in [6, 6.07) is 12.1. The lowest BCUT2D eigenvalue weighted by molar-refractivity contribution is 0.0607. The number of aromatic nitrogens is 1. The molecule has 1 N–H and O–H groups in total. The molecular weight excluding hydrogens is 471 g/mol. The molecule has 8 nitrogen and oxygen atoms in total. The van der Waals surface area contributed by atoms with Crippen molar-refractivity contribution < 1.29 is 23.1 Å².